The minimum Gasteiger partial charge on any atom is -0.436 e. The zero-order valence-corrected chi connectivity index (χ0v) is 11.7. The smallest absolute Gasteiger partial charge is 0.219 e. The van der Waals surface area contributed by atoms with Crippen molar-refractivity contribution in [2.45, 2.75) is 6.61 Å². The van der Waals surface area contributed by atoms with Crippen LogP contribution < -0.4 is 4.74 Å². The van der Waals surface area contributed by atoms with Gasteiger partial charge < -0.3 is 9.84 Å². The van der Waals surface area contributed by atoms with E-state index in [2.05, 4.69) is 20.9 Å². The molecular weight excluding hydrogens is 343 g/mol. The molecule has 0 fully saturated rings. The van der Waals surface area contributed by atoms with Crippen molar-refractivity contribution >= 4 is 27.5 Å². The van der Waals surface area contributed by atoms with Crippen molar-refractivity contribution in [3.05, 3.63) is 51.1 Å². The Kier molecular flexibility index (Phi) is 4.34. The van der Waals surface area contributed by atoms with E-state index in [4.69, 9.17) is 21.4 Å². The van der Waals surface area contributed by atoms with Crippen LogP contribution in [0.2, 0.25) is 5.02 Å². The Morgan fingerprint density at radius 1 is 1.32 bits per heavy atom. The Bertz CT molecular complexity index is 625. The highest BCUT2D eigenvalue weighted by atomic mass is 79.9. The van der Waals surface area contributed by atoms with E-state index in [0.717, 1.165) is 6.07 Å². The number of aliphatic hydroxyl groups is 1. The second-order valence-electron chi connectivity index (χ2n) is 3.54. The first-order valence-electron chi connectivity index (χ1n) is 5.10. The fourth-order valence-electron chi connectivity index (χ4n) is 1.35. The average Bonchev–Trinajstić information content (AvgIpc) is 2.37. The van der Waals surface area contributed by atoms with Gasteiger partial charge in [-0.25, -0.2) is 9.37 Å². The van der Waals surface area contributed by atoms with Gasteiger partial charge in [0.05, 0.1) is 17.3 Å². The van der Waals surface area contributed by atoms with Crippen molar-refractivity contribution in [3.8, 4) is 11.6 Å². The Hall–Kier alpha value is -1.24. The van der Waals surface area contributed by atoms with Gasteiger partial charge >= 0.3 is 0 Å². The maximum absolute atomic E-state index is 13.5. The maximum atomic E-state index is 13.5. The summed E-state index contributed by atoms with van der Waals surface area (Å²) in [6, 6.07) is 5.09. The van der Waals surface area contributed by atoms with E-state index in [0.29, 0.717) is 4.47 Å². The number of aliphatic hydroxyl groups excluding tert-OH is 1. The summed E-state index contributed by atoms with van der Waals surface area (Å²) in [6.07, 6.45) is 0. The van der Waals surface area contributed by atoms with Crippen molar-refractivity contribution < 1.29 is 18.6 Å². The molecular formula is C12H7BrClF2NO2. The van der Waals surface area contributed by atoms with Gasteiger partial charge in [-0.05, 0) is 18.2 Å². The maximum Gasteiger partial charge on any atom is 0.219 e. The second-order valence-corrected chi connectivity index (χ2v) is 4.86. The van der Waals surface area contributed by atoms with E-state index in [1.165, 1.54) is 18.2 Å². The van der Waals surface area contributed by atoms with Gasteiger partial charge in [-0.3, -0.25) is 0 Å². The molecule has 0 amide bonds. The molecule has 0 bridgehead atoms. The molecule has 0 radical (unpaired) electrons. The van der Waals surface area contributed by atoms with Gasteiger partial charge in [0.25, 0.3) is 0 Å². The summed E-state index contributed by atoms with van der Waals surface area (Å²) in [5.74, 6) is -2.47. The van der Waals surface area contributed by atoms with Gasteiger partial charge in [0.15, 0.2) is 11.6 Å². The Morgan fingerprint density at radius 3 is 2.74 bits per heavy atom. The van der Waals surface area contributed by atoms with Crippen molar-refractivity contribution in [3.63, 3.8) is 0 Å². The van der Waals surface area contributed by atoms with Crippen LogP contribution in [-0.4, -0.2) is 10.1 Å². The summed E-state index contributed by atoms with van der Waals surface area (Å²) < 4.78 is 32.2. The van der Waals surface area contributed by atoms with Crippen molar-refractivity contribution in [1.29, 1.82) is 0 Å². The van der Waals surface area contributed by atoms with Gasteiger partial charge in [0.2, 0.25) is 11.7 Å². The van der Waals surface area contributed by atoms with Crippen LogP contribution in [0.4, 0.5) is 8.78 Å². The first kappa shape index (κ1) is 14.2. The highest BCUT2D eigenvalue weighted by Gasteiger charge is 2.13. The number of hydrogen-bond acceptors (Lipinski definition) is 3. The third-order valence-electron chi connectivity index (χ3n) is 2.22. The second kappa shape index (κ2) is 5.81. The fourth-order valence-corrected chi connectivity index (χ4v) is 1.93. The fraction of sp³-hybridized carbons (Fsp3) is 0.0833. The largest absolute Gasteiger partial charge is 0.436 e. The number of nitrogens with zero attached hydrogens (tertiary/aromatic N) is 1. The number of hydrogen-bond donors (Lipinski definition) is 1. The number of halogens is 4. The molecule has 100 valence electrons. The van der Waals surface area contributed by atoms with Gasteiger partial charge in [0.1, 0.15) is 0 Å². The van der Waals surface area contributed by atoms with Crippen LogP contribution in [0.5, 0.6) is 11.6 Å². The number of ether oxygens (including phenoxy) is 1. The molecule has 0 atom stereocenters. The molecule has 0 spiro atoms. The minimum atomic E-state index is -1.12. The lowest BCUT2D eigenvalue weighted by atomic mass is 10.3. The van der Waals surface area contributed by atoms with E-state index in [-0.39, 0.29) is 29.0 Å². The zero-order valence-electron chi connectivity index (χ0n) is 9.33. The van der Waals surface area contributed by atoms with E-state index in [1.807, 2.05) is 0 Å². The quantitative estimate of drug-likeness (QED) is 0.849. The number of pyridine rings is 1. The lowest BCUT2D eigenvalue weighted by Gasteiger charge is -2.08. The molecule has 7 heteroatoms. The normalized spacial score (nSPS) is 10.6. The lowest BCUT2D eigenvalue weighted by molar-refractivity contribution is 0.275. The summed E-state index contributed by atoms with van der Waals surface area (Å²) in [5.41, 5.74) is 0.190. The summed E-state index contributed by atoms with van der Waals surface area (Å²) in [7, 11) is 0. The molecule has 1 N–H and O–H groups in total. The predicted molar refractivity (Wildman–Crippen MR) is 69.3 cm³/mol. The molecule has 0 aliphatic carbocycles. The zero-order chi connectivity index (χ0) is 14.0. The number of rotatable bonds is 3. The minimum absolute atomic E-state index is 0.00449. The van der Waals surface area contributed by atoms with E-state index < -0.39 is 11.6 Å². The van der Waals surface area contributed by atoms with Crippen LogP contribution in [0.1, 0.15) is 5.69 Å². The van der Waals surface area contributed by atoms with Crippen molar-refractivity contribution in [1.82, 2.24) is 4.98 Å². The molecule has 0 aliphatic rings. The van der Waals surface area contributed by atoms with Crippen molar-refractivity contribution in [2.75, 3.05) is 0 Å². The average molecular weight is 351 g/mol. The van der Waals surface area contributed by atoms with Crippen LogP contribution in [0, 0.1) is 11.6 Å². The molecule has 0 unspecified atom stereocenters. The van der Waals surface area contributed by atoms with Gasteiger partial charge in [-0.15, -0.1) is 0 Å². The molecule has 19 heavy (non-hydrogen) atoms. The Morgan fingerprint density at radius 2 is 2.05 bits per heavy atom. The number of aromatic nitrogens is 1. The Balaban J connectivity index is 2.36. The van der Waals surface area contributed by atoms with Gasteiger partial charge in [-0.1, -0.05) is 27.5 Å². The highest BCUT2D eigenvalue weighted by Crippen LogP contribution is 2.29. The predicted octanol–water partition coefficient (Wildman–Crippen LogP) is 4.06. The van der Waals surface area contributed by atoms with Crippen LogP contribution in [-0.2, 0) is 6.61 Å². The van der Waals surface area contributed by atoms with Crippen LogP contribution >= 0.6 is 27.5 Å². The summed E-state index contributed by atoms with van der Waals surface area (Å²) in [6.45, 7) is -0.384. The van der Waals surface area contributed by atoms with Crippen LogP contribution in [0.3, 0.4) is 0 Å². The van der Waals surface area contributed by atoms with Crippen LogP contribution in [0.25, 0.3) is 0 Å². The SMILES string of the molecule is OCc1nc(Oc2cc(Br)cc(F)c2F)ccc1Cl. The molecule has 3 nitrogen and oxygen atoms in total. The summed E-state index contributed by atoms with van der Waals surface area (Å²) in [5, 5.41) is 9.27. The highest BCUT2D eigenvalue weighted by molar-refractivity contribution is 9.10. The monoisotopic (exact) mass is 349 g/mol. The third-order valence-corrected chi connectivity index (χ3v) is 3.02. The molecule has 1 heterocycles. The topological polar surface area (TPSA) is 42.4 Å². The lowest BCUT2D eigenvalue weighted by Crippen LogP contribution is -1.97. The standard InChI is InChI=1S/C12H7BrClF2NO2/c13-6-3-8(15)12(16)10(4-6)19-11-2-1-7(14)9(5-18)17-11/h1-4,18H,5H2. The molecule has 0 saturated carbocycles. The number of benzene rings is 1. The molecule has 0 aliphatic heterocycles. The molecule has 2 aromatic rings. The molecule has 2 rings (SSSR count). The van der Waals surface area contributed by atoms with Gasteiger partial charge in [-0.2, -0.15) is 4.39 Å². The molecule has 0 saturated heterocycles. The van der Waals surface area contributed by atoms with E-state index in [1.54, 1.807) is 0 Å². The molecule has 1 aromatic heterocycles. The molecule has 1 aromatic carbocycles. The van der Waals surface area contributed by atoms with Gasteiger partial charge in [0, 0.05) is 10.5 Å². The Labute approximate surface area is 120 Å². The van der Waals surface area contributed by atoms with E-state index >= 15 is 0 Å². The first-order valence-corrected chi connectivity index (χ1v) is 6.27. The first-order chi connectivity index (χ1) is 9.01. The van der Waals surface area contributed by atoms with Crippen molar-refractivity contribution in [2.24, 2.45) is 0 Å². The summed E-state index contributed by atoms with van der Waals surface area (Å²) in [4.78, 5) is 3.88. The van der Waals surface area contributed by atoms with E-state index in [9.17, 15) is 8.78 Å². The summed E-state index contributed by atoms with van der Waals surface area (Å²) >= 11 is 8.79. The van der Waals surface area contributed by atoms with Crippen LogP contribution in [0.15, 0.2) is 28.7 Å². The third kappa shape index (κ3) is 3.20.